The highest BCUT2D eigenvalue weighted by molar-refractivity contribution is 5.43. The molecular weight excluding hydrogens is 241 g/mol. The lowest BCUT2D eigenvalue weighted by atomic mass is 9.94. The zero-order valence-electron chi connectivity index (χ0n) is 12.0. The smallest absolute Gasteiger partial charge is 0.170 e. The van der Waals surface area contributed by atoms with E-state index in [1.165, 1.54) is 6.42 Å². The summed E-state index contributed by atoms with van der Waals surface area (Å²) in [5, 5.41) is 3.17. The fourth-order valence-corrected chi connectivity index (χ4v) is 2.64. The van der Waals surface area contributed by atoms with Crippen LogP contribution in [-0.2, 0) is 6.54 Å². The van der Waals surface area contributed by atoms with E-state index in [-0.39, 0.29) is 5.82 Å². The molecule has 4 heteroatoms. The van der Waals surface area contributed by atoms with Gasteiger partial charge in [-0.25, -0.2) is 9.37 Å². The summed E-state index contributed by atoms with van der Waals surface area (Å²) in [6, 6.07) is 1.76. The number of hydrogen-bond acceptors (Lipinski definition) is 3. The Balaban J connectivity index is 2.08. The molecule has 1 aliphatic heterocycles. The molecule has 19 heavy (non-hydrogen) atoms. The number of halogens is 1. The number of nitrogens with zero attached hydrogens (tertiary/aromatic N) is 2. The van der Waals surface area contributed by atoms with E-state index in [4.69, 9.17) is 0 Å². The van der Waals surface area contributed by atoms with Crippen LogP contribution in [0.5, 0.6) is 0 Å². The molecule has 106 valence electrons. The van der Waals surface area contributed by atoms with Crippen LogP contribution in [0.15, 0.2) is 12.3 Å². The lowest BCUT2D eigenvalue weighted by Gasteiger charge is -2.32. The summed E-state index contributed by atoms with van der Waals surface area (Å²) in [4.78, 5) is 6.34. The first-order chi connectivity index (χ1) is 9.26. The molecule has 0 saturated carbocycles. The predicted molar refractivity (Wildman–Crippen MR) is 76.8 cm³/mol. The van der Waals surface area contributed by atoms with Crippen LogP contribution in [0.1, 0.15) is 38.7 Å². The Morgan fingerprint density at radius 3 is 2.74 bits per heavy atom. The van der Waals surface area contributed by atoms with Crippen molar-refractivity contribution in [2.75, 3.05) is 24.5 Å². The van der Waals surface area contributed by atoms with Gasteiger partial charge in [0.15, 0.2) is 11.6 Å². The summed E-state index contributed by atoms with van der Waals surface area (Å²) in [5.41, 5.74) is 0.712. The van der Waals surface area contributed by atoms with Gasteiger partial charge in [0.2, 0.25) is 0 Å². The van der Waals surface area contributed by atoms with Gasteiger partial charge >= 0.3 is 0 Å². The molecule has 2 heterocycles. The van der Waals surface area contributed by atoms with Gasteiger partial charge in [0.25, 0.3) is 0 Å². The van der Waals surface area contributed by atoms with Crippen LogP contribution >= 0.6 is 0 Å². The SMILES string of the molecule is CCNCc1ccnc(N2CCC(CC)CC2)c1F. The highest BCUT2D eigenvalue weighted by Gasteiger charge is 2.22. The summed E-state index contributed by atoms with van der Waals surface area (Å²) in [5.74, 6) is 1.17. The van der Waals surface area contributed by atoms with E-state index < -0.39 is 0 Å². The van der Waals surface area contributed by atoms with Gasteiger partial charge in [-0.3, -0.25) is 0 Å². The highest BCUT2D eigenvalue weighted by atomic mass is 19.1. The van der Waals surface area contributed by atoms with Crippen LogP contribution < -0.4 is 10.2 Å². The second-order valence-electron chi connectivity index (χ2n) is 5.23. The van der Waals surface area contributed by atoms with Crippen molar-refractivity contribution in [3.05, 3.63) is 23.6 Å². The maximum absolute atomic E-state index is 14.4. The first kappa shape index (κ1) is 14.3. The minimum absolute atomic E-state index is 0.154. The van der Waals surface area contributed by atoms with E-state index in [0.29, 0.717) is 17.9 Å². The highest BCUT2D eigenvalue weighted by Crippen LogP contribution is 2.26. The van der Waals surface area contributed by atoms with Crippen LogP contribution in [0, 0.1) is 11.7 Å². The van der Waals surface area contributed by atoms with Gasteiger partial charge in [-0.15, -0.1) is 0 Å². The molecule has 1 aromatic rings. The van der Waals surface area contributed by atoms with Gasteiger partial charge < -0.3 is 10.2 Å². The van der Waals surface area contributed by atoms with E-state index in [1.54, 1.807) is 12.3 Å². The lowest BCUT2D eigenvalue weighted by Crippen LogP contribution is -2.35. The van der Waals surface area contributed by atoms with Crippen molar-refractivity contribution in [1.29, 1.82) is 0 Å². The summed E-state index contributed by atoms with van der Waals surface area (Å²) >= 11 is 0. The Kier molecular flexibility index (Phi) is 5.14. The maximum Gasteiger partial charge on any atom is 0.170 e. The molecule has 0 bridgehead atoms. The van der Waals surface area contributed by atoms with Crippen LogP contribution in [0.3, 0.4) is 0 Å². The molecule has 0 radical (unpaired) electrons. The molecule has 1 aliphatic rings. The normalized spacial score (nSPS) is 16.9. The monoisotopic (exact) mass is 265 g/mol. The van der Waals surface area contributed by atoms with Crippen molar-refractivity contribution in [3.8, 4) is 0 Å². The molecule has 3 nitrogen and oxygen atoms in total. The second kappa shape index (κ2) is 6.85. The van der Waals surface area contributed by atoms with Crippen molar-refractivity contribution in [1.82, 2.24) is 10.3 Å². The van der Waals surface area contributed by atoms with Crippen LogP contribution in [0.25, 0.3) is 0 Å². The Morgan fingerprint density at radius 2 is 2.11 bits per heavy atom. The number of hydrogen-bond donors (Lipinski definition) is 1. The first-order valence-corrected chi connectivity index (χ1v) is 7.35. The zero-order chi connectivity index (χ0) is 13.7. The van der Waals surface area contributed by atoms with Crippen LogP contribution in [0.4, 0.5) is 10.2 Å². The summed E-state index contributed by atoms with van der Waals surface area (Å²) in [7, 11) is 0. The Bertz CT molecular complexity index is 400. The number of anilines is 1. The largest absolute Gasteiger partial charge is 0.354 e. The molecule has 0 aliphatic carbocycles. The van der Waals surface area contributed by atoms with Crippen molar-refractivity contribution >= 4 is 5.82 Å². The van der Waals surface area contributed by atoms with Gasteiger partial charge in [0, 0.05) is 31.4 Å². The van der Waals surface area contributed by atoms with Gasteiger partial charge in [0.05, 0.1) is 0 Å². The van der Waals surface area contributed by atoms with Crippen molar-refractivity contribution < 1.29 is 4.39 Å². The molecule has 2 rings (SSSR count). The minimum Gasteiger partial charge on any atom is -0.354 e. The summed E-state index contributed by atoms with van der Waals surface area (Å²) < 4.78 is 14.4. The molecule has 0 atom stereocenters. The molecule has 1 aromatic heterocycles. The summed E-state index contributed by atoms with van der Waals surface area (Å²) in [6.07, 6.45) is 5.24. The topological polar surface area (TPSA) is 28.2 Å². The third kappa shape index (κ3) is 3.44. The van der Waals surface area contributed by atoms with Crippen molar-refractivity contribution in [3.63, 3.8) is 0 Å². The molecule has 0 aromatic carbocycles. The molecule has 0 unspecified atom stereocenters. The second-order valence-corrected chi connectivity index (χ2v) is 5.23. The fourth-order valence-electron chi connectivity index (χ4n) is 2.64. The third-order valence-electron chi connectivity index (χ3n) is 4.01. The van der Waals surface area contributed by atoms with Crippen LogP contribution in [-0.4, -0.2) is 24.6 Å². The average molecular weight is 265 g/mol. The molecule has 0 amide bonds. The average Bonchev–Trinajstić information content (AvgIpc) is 2.46. The number of nitrogens with one attached hydrogen (secondary N) is 1. The maximum atomic E-state index is 14.4. The molecule has 1 fully saturated rings. The van der Waals surface area contributed by atoms with Crippen molar-refractivity contribution in [2.24, 2.45) is 5.92 Å². The Labute approximate surface area is 115 Å². The lowest BCUT2D eigenvalue weighted by molar-refractivity contribution is 0.390. The van der Waals surface area contributed by atoms with E-state index in [9.17, 15) is 4.39 Å². The number of piperidine rings is 1. The zero-order valence-corrected chi connectivity index (χ0v) is 12.0. The van der Waals surface area contributed by atoms with E-state index >= 15 is 0 Å². The van der Waals surface area contributed by atoms with E-state index in [2.05, 4.69) is 22.1 Å². The number of rotatable bonds is 5. The van der Waals surface area contributed by atoms with E-state index in [0.717, 1.165) is 38.4 Å². The van der Waals surface area contributed by atoms with Gasteiger partial charge in [-0.2, -0.15) is 0 Å². The van der Waals surface area contributed by atoms with Gasteiger partial charge in [-0.05, 0) is 31.4 Å². The fraction of sp³-hybridized carbons (Fsp3) is 0.667. The minimum atomic E-state index is -0.154. The quantitative estimate of drug-likeness (QED) is 0.887. The standard InChI is InChI=1S/C15H24FN3/c1-3-12-6-9-19(10-7-12)15-14(16)13(5-8-18-15)11-17-4-2/h5,8,12,17H,3-4,6-7,9-11H2,1-2H3. The number of aromatic nitrogens is 1. The van der Waals surface area contributed by atoms with E-state index in [1.807, 2.05) is 6.92 Å². The number of pyridine rings is 1. The third-order valence-corrected chi connectivity index (χ3v) is 4.01. The first-order valence-electron chi connectivity index (χ1n) is 7.35. The van der Waals surface area contributed by atoms with Gasteiger partial charge in [-0.1, -0.05) is 20.3 Å². The Morgan fingerprint density at radius 1 is 1.37 bits per heavy atom. The van der Waals surface area contributed by atoms with Crippen molar-refractivity contribution in [2.45, 2.75) is 39.7 Å². The predicted octanol–water partition coefficient (Wildman–Crippen LogP) is 2.96. The molecule has 1 saturated heterocycles. The van der Waals surface area contributed by atoms with Crippen LogP contribution in [0.2, 0.25) is 0 Å². The molecule has 0 spiro atoms. The van der Waals surface area contributed by atoms with Gasteiger partial charge in [0.1, 0.15) is 0 Å². The summed E-state index contributed by atoms with van der Waals surface area (Å²) in [6.45, 7) is 7.52. The molecule has 1 N–H and O–H groups in total. The molecular formula is C15H24FN3. The Hall–Kier alpha value is -1.16.